The highest BCUT2D eigenvalue weighted by Gasteiger charge is 2.29. The predicted octanol–water partition coefficient (Wildman–Crippen LogP) is -2.50. The van der Waals surface area contributed by atoms with Crippen molar-refractivity contribution in [2.75, 3.05) is 97.6 Å². The van der Waals surface area contributed by atoms with Gasteiger partial charge in [0.05, 0.1) is 62.6 Å². The fourth-order valence-electron chi connectivity index (χ4n) is 3.75. The second-order valence-corrected chi connectivity index (χ2v) is 11.2. The van der Waals surface area contributed by atoms with E-state index in [9.17, 15) is 52.6 Å². The highest BCUT2D eigenvalue weighted by atomic mass is 32.3. The van der Waals surface area contributed by atoms with Crippen LogP contribution in [0.1, 0.15) is 13.3 Å². The molecule has 0 fully saturated rings. The van der Waals surface area contributed by atoms with Crippen LogP contribution in [0.2, 0.25) is 0 Å². The molecule has 9 N–H and O–H groups in total. The first-order chi connectivity index (χ1) is 21.0. The van der Waals surface area contributed by atoms with Crippen LogP contribution in [0.15, 0.2) is 0 Å². The van der Waals surface area contributed by atoms with Gasteiger partial charge in [-0.15, -0.1) is 0 Å². The Labute approximate surface area is 261 Å². The van der Waals surface area contributed by atoms with Crippen molar-refractivity contribution >= 4 is 46.6 Å². The molecule has 0 aliphatic rings. The minimum Gasteiger partial charge on any atom is -0.480 e. The zero-order valence-electron chi connectivity index (χ0n) is 25.0. The third-order valence-corrected chi connectivity index (χ3v) is 6.43. The molecule has 0 spiro atoms. The maximum atomic E-state index is 12.8. The zero-order chi connectivity index (χ0) is 34.4. The Bertz CT molecular complexity index is 936. The van der Waals surface area contributed by atoms with E-state index >= 15 is 0 Å². The van der Waals surface area contributed by atoms with Gasteiger partial charge in [0.15, 0.2) is 0 Å². The van der Waals surface area contributed by atoms with E-state index in [1.165, 1.54) is 4.90 Å². The predicted molar refractivity (Wildman–Crippen MR) is 157 cm³/mol. The minimum atomic E-state index is -4.23. The van der Waals surface area contributed by atoms with Gasteiger partial charge in [0.1, 0.15) is 6.04 Å². The monoisotopic (exact) mass is 675 g/mol. The molecule has 0 aliphatic carbocycles. The summed E-state index contributed by atoms with van der Waals surface area (Å²) in [6.45, 7) is -0.186. The number of carboxylic acid groups (broad SMARTS) is 4. The molecule has 45 heavy (non-hydrogen) atoms. The number of carboxylic acids is 4. The maximum absolute atomic E-state index is 12.8. The number of aliphatic carboxylic acids is 4. The van der Waals surface area contributed by atoms with Gasteiger partial charge in [-0.05, 0) is 13.3 Å². The number of rotatable bonds is 28. The second kappa shape index (κ2) is 23.2. The SMILES string of the molecule is CCOCCOCCCNC(=O)[C@@H](CS(O)(O)O)NC(=O)CN(CCN(CCN(CC(=O)O)CC(=O)O)CC(=O)O)CC(=O)O. The van der Waals surface area contributed by atoms with Crippen LogP contribution in [-0.2, 0) is 38.2 Å². The van der Waals surface area contributed by atoms with Gasteiger partial charge < -0.3 is 54.2 Å². The van der Waals surface area contributed by atoms with E-state index in [1.54, 1.807) is 0 Å². The fraction of sp³-hybridized carbons (Fsp3) is 0.750. The molecule has 262 valence electrons. The lowest BCUT2D eigenvalue weighted by Gasteiger charge is -2.29. The average molecular weight is 676 g/mol. The molecule has 20 nitrogen and oxygen atoms in total. The molecule has 0 heterocycles. The molecular formula is C24H45N5O15S. The summed E-state index contributed by atoms with van der Waals surface area (Å²) in [5.74, 6) is -7.91. The van der Waals surface area contributed by atoms with Crippen molar-refractivity contribution in [1.82, 2.24) is 25.3 Å². The average Bonchev–Trinajstić information content (AvgIpc) is 2.88. The summed E-state index contributed by atoms with van der Waals surface area (Å²) < 4.78 is 38.9. The number of carbonyl (C=O) groups is 6. The van der Waals surface area contributed by atoms with Crippen LogP contribution in [0.5, 0.6) is 0 Å². The van der Waals surface area contributed by atoms with Crippen molar-refractivity contribution in [1.29, 1.82) is 0 Å². The molecule has 0 aromatic carbocycles. The van der Waals surface area contributed by atoms with Gasteiger partial charge >= 0.3 is 23.9 Å². The molecular weight excluding hydrogens is 630 g/mol. The van der Waals surface area contributed by atoms with Crippen molar-refractivity contribution in [3.8, 4) is 0 Å². The van der Waals surface area contributed by atoms with Crippen molar-refractivity contribution in [2.45, 2.75) is 19.4 Å². The van der Waals surface area contributed by atoms with Gasteiger partial charge in [-0.2, -0.15) is 0 Å². The first-order valence-electron chi connectivity index (χ1n) is 13.8. The maximum Gasteiger partial charge on any atom is 0.317 e. The first kappa shape index (κ1) is 41.9. The Morgan fingerprint density at radius 3 is 1.58 bits per heavy atom. The van der Waals surface area contributed by atoms with Gasteiger partial charge in [-0.1, -0.05) is 0 Å². The van der Waals surface area contributed by atoms with Crippen LogP contribution in [0.3, 0.4) is 0 Å². The molecule has 0 bridgehead atoms. The number of carbonyl (C=O) groups excluding carboxylic acids is 2. The van der Waals surface area contributed by atoms with E-state index < -0.39 is 91.1 Å². The standard InChI is InChI=1S/C24H45N5O15S/c1-2-43-10-11-44-9-3-4-25-24(39)18(17-45(40,41)42)26-19(30)12-28(14-21(33)34)7-5-27(13-20(31)32)6-8-29(15-22(35)36)16-23(37)38/h18,40-42H,2-17H2,1H3,(H,25,39)(H,26,30)(H,31,32)(H,33,34)(H,35,36)(H,37,38)/t18-/m1/s1. The van der Waals surface area contributed by atoms with E-state index in [1.807, 2.05) is 6.92 Å². The number of hydrogen-bond acceptors (Lipinski definition) is 14. The summed E-state index contributed by atoms with van der Waals surface area (Å²) in [6.07, 6.45) is 0.373. The summed E-state index contributed by atoms with van der Waals surface area (Å²) in [5, 5.41) is 41.2. The summed E-state index contributed by atoms with van der Waals surface area (Å²) in [5.41, 5.74) is 0. The van der Waals surface area contributed by atoms with Crippen LogP contribution in [0.4, 0.5) is 0 Å². The summed E-state index contributed by atoms with van der Waals surface area (Å²) in [6, 6.07) is -1.60. The normalized spacial score (nSPS) is 12.7. The second-order valence-electron chi connectivity index (χ2n) is 9.65. The van der Waals surface area contributed by atoms with E-state index in [-0.39, 0.29) is 39.3 Å². The van der Waals surface area contributed by atoms with E-state index in [0.29, 0.717) is 26.2 Å². The number of nitrogens with zero attached hydrogens (tertiary/aromatic N) is 3. The van der Waals surface area contributed by atoms with E-state index in [2.05, 4.69) is 10.6 Å². The molecule has 2 amide bonds. The first-order valence-corrected chi connectivity index (χ1v) is 15.4. The molecule has 0 saturated heterocycles. The minimum absolute atomic E-state index is 0.0887. The van der Waals surface area contributed by atoms with Crippen LogP contribution < -0.4 is 10.6 Å². The summed E-state index contributed by atoms with van der Waals surface area (Å²) >= 11 is 0. The Balaban J connectivity index is 5.27. The van der Waals surface area contributed by atoms with Gasteiger partial charge in [0.25, 0.3) is 0 Å². The van der Waals surface area contributed by atoms with Gasteiger partial charge in [0, 0.05) is 45.9 Å². The fourth-order valence-corrected chi connectivity index (χ4v) is 4.43. The molecule has 1 atom stereocenters. The molecule has 0 radical (unpaired) electrons. The Kier molecular flexibility index (Phi) is 21.6. The number of hydrogen-bond donors (Lipinski definition) is 9. The Hall–Kier alpha value is -3.15. The summed E-state index contributed by atoms with van der Waals surface area (Å²) in [7, 11) is -4.23. The largest absolute Gasteiger partial charge is 0.480 e. The van der Waals surface area contributed by atoms with Crippen LogP contribution in [0.25, 0.3) is 0 Å². The highest BCUT2D eigenvalue weighted by molar-refractivity contribution is 8.19. The van der Waals surface area contributed by atoms with Gasteiger partial charge in [-0.25, -0.2) is 0 Å². The van der Waals surface area contributed by atoms with Crippen molar-refractivity contribution < 1.29 is 72.3 Å². The Morgan fingerprint density at radius 2 is 1.11 bits per heavy atom. The number of amides is 2. The third-order valence-electron chi connectivity index (χ3n) is 5.65. The third kappa shape index (κ3) is 24.8. The molecule has 0 unspecified atom stereocenters. The lowest BCUT2D eigenvalue weighted by Crippen LogP contribution is -2.53. The molecule has 0 saturated carbocycles. The number of nitrogens with one attached hydrogen (secondary N) is 2. The Morgan fingerprint density at radius 1 is 0.667 bits per heavy atom. The quantitative estimate of drug-likeness (QED) is 0.0387. The van der Waals surface area contributed by atoms with E-state index in [0.717, 1.165) is 9.80 Å². The van der Waals surface area contributed by atoms with Crippen molar-refractivity contribution in [2.24, 2.45) is 0 Å². The molecule has 21 heteroatoms. The lowest BCUT2D eigenvalue weighted by molar-refractivity contribution is -0.143. The molecule has 0 aliphatic heterocycles. The van der Waals surface area contributed by atoms with Gasteiger partial charge in [-0.3, -0.25) is 43.5 Å². The zero-order valence-corrected chi connectivity index (χ0v) is 25.9. The smallest absolute Gasteiger partial charge is 0.317 e. The molecule has 0 aromatic rings. The van der Waals surface area contributed by atoms with Crippen LogP contribution >= 0.6 is 10.9 Å². The van der Waals surface area contributed by atoms with Crippen molar-refractivity contribution in [3.05, 3.63) is 0 Å². The highest BCUT2D eigenvalue weighted by Crippen LogP contribution is 2.33. The topological polar surface area (TPSA) is 296 Å². The molecule has 0 aromatic heterocycles. The molecule has 0 rings (SSSR count). The summed E-state index contributed by atoms with van der Waals surface area (Å²) in [4.78, 5) is 73.7. The van der Waals surface area contributed by atoms with Crippen molar-refractivity contribution in [3.63, 3.8) is 0 Å². The lowest BCUT2D eigenvalue weighted by atomic mass is 10.3. The van der Waals surface area contributed by atoms with Gasteiger partial charge in [0.2, 0.25) is 11.8 Å². The van der Waals surface area contributed by atoms with E-state index in [4.69, 9.17) is 19.7 Å². The van der Waals surface area contributed by atoms with Crippen LogP contribution in [0, 0.1) is 0 Å². The number of ether oxygens (including phenoxy) is 2. The van der Waals surface area contributed by atoms with Crippen LogP contribution in [-0.4, -0.2) is 188 Å².